The number of ether oxygens (including phenoxy) is 2. The second kappa shape index (κ2) is 11.3. The van der Waals surface area contributed by atoms with Crippen LogP contribution in [-0.2, 0) is 20.9 Å². The Hall–Kier alpha value is -3.67. The Morgan fingerprint density at radius 3 is 2.49 bits per heavy atom. The number of aromatic nitrogens is 1. The second-order valence-corrected chi connectivity index (χ2v) is 12.6. The summed E-state index contributed by atoms with van der Waals surface area (Å²) >= 11 is 5.81. The third-order valence-electron chi connectivity index (χ3n) is 7.00. The van der Waals surface area contributed by atoms with Crippen molar-refractivity contribution in [1.29, 1.82) is 0 Å². The molecule has 2 aliphatic heterocycles. The van der Waals surface area contributed by atoms with Crippen molar-refractivity contribution in [2.75, 3.05) is 11.5 Å². The highest BCUT2D eigenvalue weighted by Crippen LogP contribution is 2.54. The average Bonchev–Trinajstić information content (AvgIpc) is 3.47. The molecular formula is C30H23BrN2O6S2. The number of thioether (sulfide) groups is 1. The van der Waals surface area contributed by atoms with Gasteiger partial charge >= 0.3 is 10.8 Å². The summed E-state index contributed by atoms with van der Waals surface area (Å²) in [6.07, 6.45) is 0. The maximum absolute atomic E-state index is 14.1. The van der Waals surface area contributed by atoms with Crippen molar-refractivity contribution in [3.8, 4) is 5.75 Å². The van der Waals surface area contributed by atoms with Gasteiger partial charge in [0.05, 0.1) is 28.8 Å². The van der Waals surface area contributed by atoms with E-state index in [2.05, 4.69) is 20.9 Å². The first-order chi connectivity index (χ1) is 19.9. The fourth-order valence-corrected chi connectivity index (χ4v) is 8.08. The van der Waals surface area contributed by atoms with E-state index >= 15 is 0 Å². The summed E-state index contributed by atoms with van der Waals surface area (Å²) in [4.78, 5) is 57.0. The van der Waals surface area contributed by atoms with Crippen LogP contribution in [0.15, 0.2) is 87.1 Å². The number of nitrogens with one attached hydrogen (secondary N) is 1. The van der Waals surface area contributed by atoms with E-state index in [-0.39, 0.29) is 23.3 Å². The van der Waals surface area contributed by atoms with E-state index in [1.165, 1.54) is 16.7 Å². The molecule has 208 valence electrons. The minimum Gasteiger partial charge on any atom is -0.489 e. The van der Waals surface area contributed by atoms with Gasteiger partial charge in [0.1, 0.15) is 17.6 Å². The maximum atomic E-state index is 14.1. The number of aromatic amines is 1. The predicted octanol–water partition coefficient (Wildman–Crippen LogP) is 5.75. The third-order valence-corrected chi connectivity index (χ3v) is 9.90. The topological polar surface area (TPSA) is 106 Å². The highest BCUT2D eigenvalue weighted by molar-refractivity contribution is 9.10. The normalized spacial score (nSPS) is 19.6. The molecule has 4 aromatic rings. The van der Waals surface area contributed by atoms with E-state index in [0.717, 1.165) is 21.4 Å². The molecule has 0 bridgehead atoms. The Balaban J connectivity index is 1.40. The fraction of sp³-hybridized carbons (Fsp3) is 0.200. The second-order valence-electron chi connectivity index (χ2n) is 9.49. The van der Waals surface area contributed by atoms with Crippen molar-refractivity contribution in [1.82, 2.24) is 4.98 Å². The van der Waals surface area contributed by atoms with Gasteiger partial charge < -0.3 is 14.5 Å². The monoisotopic (exact) mass is 650 g/mol. The number of fused-ring (bicyclic) bond motifs is 2. The van der Waals surface area contributed by atoms with Gasteiger partial charge in [0.2, 0.25) is 11.8 Å². The zero-order valence-electron chi connectivity index (χ0n) is 21.7. The number of anilines is 1. The zero-order chi connectivity index (χ0) is 28.7. The van der Waals surface area contributed by atoms with Crippen LogP contribution in [0.2, 0.25) is 0 Å². The summed E-state index contributed by atoms with van der Waals surface area (Å²) in [5.74, 6) is -2.03. The first-order valence-electron chi connectivity index (χ1n) is 12.9. The highest BCUT2D eigenvalue weighted by Gasteiger charge is 2.56. The number of benzene rings is 3. The van der Waals surface area contributed by atoms with E-state index in [4.69, 9.17) is 9.47 Å². The number of carbonyl (C=O) groups is 3. The van der Waals surface area contributed by atoms with Gasteiger partial charge in [-0.25, -0.2) is 9.69 Å². The third kappa shape index (κ3) is 5.13. The molecule has 0 radical (unpaired) electrons. The minimum absolute atomic E-state index is 0.241. The molecule has 3 heterocycles. The van der Waals surface area contributed by atoms with Crippen LogP contribution in [0.4, 0.5) is 5.69 Å². The highest BCUT2D eigenvalue weighted by atomic mass is 79.9. The molecule has 0 saturated carbocycles. The van der Waals surface area contributed by atoms with E-state index in [0.29, 0.717) is 39.1 Å². The zero-order valence-corrected chi connectivity index (χ0v) is 24.9. The summed E-state index contributed by atoms with van der Waals surface area (Å²) in [5, 5.41) is -0.170. The molecule has 0 unspecified atom stereocenters. The molecular weight excluding hydrogens is 628 g/mol. The first-order valence-corrected chi connectivity index (χ1v) is 15.4. The molecule has 1 N–H and O–H groups in total. The van der Waals surface area contributed by atoms with Crippen molar-refractivity contribution in [3.05, 3.63) is 109 Å². The molecule has 0 aliphatic carbocycles. The number of amides is 2. The summed E-state index contributed by atoms with van der Waals surface area (Å²) in [5.41, 5.74) is 2.39. The fourth-order valence-electron chi connectivity index (χ4n) is 5.20. The minimum atomic E-state index is -0.774. The molecule has 3 atom stereocenters. The smallest absolute Gasteiger partial charge is 0.338 e. The molecule has 1 aromatic heterocycles. The van der Waals surface area contributed by atoms with E-state index < -0.39 is 23.1 Å². The first kappa shape index (κ1) is 27.5. The molecule has 8 nitrogen and oxygen atoms in total. The molecule has 6 rings (SSSR count). The number of halogens is 1. The number of thiazole rings is 1. The lowest BCUT2D eigenvalue weighted by Crippen LogP contribution is -2.32. The predicted molar refractivity (Wildman–Crippen MR) is 160 cm³/mol. The number of rotatable bonds is 7. The van der Waals surface area contributed by atoms with Gasteiger partial charge in [0.15, 0.2) is 0 Å². The summed E-state index contributed by atoms with van der Waals surface area (Å²) < 4.78 is 12.1. The Labute approximate surface area is 251 Å². The van der Waals surface area contributed by atoms with Crippen LogP contribution in [0.25, 0.3) is 0 Å². The van der Waals surface area contributed by atoms with Gasteiger partial charge in [-0.1, -0.05) is 69.4 Å². The van der Waals surface area contributed by atoms with Gasteiger partial charge in [-0.05, 0) is 55.0 Å². The van der Waals surface area contributed by atoms with E-state index in [9.17, 15) is 19.2 Å². The number of imide groups is 1. The standard InChI is InChI=1S/C30H23BrN2O6S2/c1-2-38-29(36)17-8-11-19(12-9-17)33-27(34)23-22(24-26(32-30(37)41-24)40-25(23)28(33)35)20-14-18(31)10-13-21(20)39-15-16-6-4-3-5-7-16/h3-14,22-23,25H,2,15H2,1H3,(H,32,37)/t22-,23-,25+/m0/s1. The number of H-pyrrole nitrogens is 1. The van der Waals surface area contributed by atoms with Gasteiger partial charge in [0, 0.05) is 20.8 Å². The Morgan fingerprint density at radius 1 is 1.00 bits per heavy atom. The van der Waals surface area contributed by atoms with Crippen LogP contribution in [0, 0.1) is 5.92 Å². The van der Waals surface area contributed by atoms with Crippen LogP contribution >= 0.6 is 39.0 Å². The van der Waals surface area contributed by atoms with Gasteiger partial charge in [-0.15, -0.1) is 0 Å². The van der Waals surface area contributed by atoms with Gasteiger partial charge in [-0.2, -0.15) is 0 Å². The number of hydrogen-bond donors (Lipinski definition) is 1. The van der Waals surface area contributed by atoms with E-state index in [1.54, 1.807) is 31.2 Å². The number of carbonyl (C=O) groups excluding carboxylic acids is 3. The maximum Gasteiger partial charge on any atom is 0.338 e. The molecule has 41 heavy (non-hydrogen) atoms. The molecule has 2 aliphatic rings. The van der Waals surface area contributed by atoms with E-state index in [1.807, 2.05) is 48.5 Å². The summed E-state index contributed by atoms with van der Waals surface area (Å²) in [6.45, 7) is 2.27. The van der Waals surface area contributed by atoms with Crippen molar-refractivity contribution < 1.29 is 23.9 Å². The summed E-state index contributed by atoms with van der Waals surface area (Å²) in [7, 11) is 0. The number of hydrogen-bond acceptors (Lipinski definition) is 8. The lowest BCUT2D eigenvalue weighted by Gasteiger charge is -2.31. The van der Waals surface area contributed by atoms with Gasteiger partial charge in [-0.3, -0.25) is 14.4 Å². The number of nitrogens with zero attached hydrogens (tertiary/aromatic N) is 1. The van der Waals surface area contributed by atoms with Crippen LogP contribution in [0.3, 0.4) is 0 Å². The molecule has 2 amide bonds. The van der Waals surface area contributed by atoms with Crippen LogP contribution in [0.1, 0.15) is 39.2 Å². The molecule has 1 saturated heterocycles. The van der Waals surface area contributed by atoms with Crippen molar-refractivity contribution in [3.63, 3.8) is 0 Å². The van der Waals surface area contributed by atoms with Crippen LogP contribution in [-0.4, -0.2) is 34.6 Å². The van der Waals surface area contributed by atoms with Crippen molar-refractivity contribution in [2.24, 2.45) is 5.92 Å². The van der Waals surface area contributed by atoms with Gasteiger partial charge in [0.25, 0.3) is 0 Å². The molecule has 0 spiro atoms. The van der Waals surface area contributed by atoms with Crippen LogP contribution in [0.5, 0.6) is 5.75 Å². The SMILES string of the molecule is CCOC(=O)c1ccc(N2C(=O)[C@H]3[C@H](c4cc(Br)ccc4OCc4ccccc4)c4sc(=O)[nH]c4S[C@H]3C2=O)cc1. The Kier molecular flexibility index (Phi) is 7.58. The molecule has 1 fully saturated rings. The molecule has 3 aromatic carbocycles. The quantitative estimate of drug-likeness (QED) is 0.201. The molecule has 11 heteroatoms. The average molecular weight is 652 g/mol. The number of esters is 1. The Morgan fingerprint density at radius 2 is 1.76 bits per heavy atom. The Bertz CT molecular complexity index is 1700. The summed E-state index contributed by atoms with van der Waals surface area (Å²) in [6, 6.07) is 21.5. The van der Waals surface area contributed by atoms with Crippen LogP contribution < -0.4 is 14.5 Å². The lowest BCUT2D eigenvalue weighted by atomic mass is 9.82. The largest absolute Gasteiger partial charge is 0.489 e. The lowest BCUT2D eigenvalue weighted by molar-refractivity contribution is -0.122. The van der Waals surface area contributed by atoms with Crippen molar-refractivity contribution >= 4 is 62.5 Å². The van der Waals surface area contributed by atoms with Crippen molar-refractivity contribution in [2.45, 2.75) is 29.7 Å².